The van der Waals surface area contributed by atoms with Crippen molar-refractivity contribution in [2.45, 2.75) is 59.9 Å². The lowest BCUT2D eigenvalue weighted by Crippen LogP contribution is -2.51. The molecule has 0 atom stereocenters. The summed E-state index contributed by atoms with van der Waals surface area (Å²) < 4.78 is 54.7. The normalized spacial score (nSPS) is 20.2. The van der Waals surface area contributed by atoms with Crippen LogP contribution in [0.3, 0.4) is 0 Å². The monoisotopic (exact) mass is 409 g/mol. The Labute approximate surface area is 155 Å². The first-order chi connectivity index (χ1) is 11.3. The Balaban J connectivity index is 0.00000225. The molecule has 0 saturated heterocycles. The van der Waals surface area contributed by atoms with Crippen molar-refractivity contribution in [3.8, 4) is 0 Å². The number of hydrogen-bond donors (Lipinski definition) is 3. The Morgan fingerprint density at radius 1 is 0.960 bits per heavy atom. The van der Waals surface area contributed by atoms with E-state index in [2.05, 4.69) is 9.44 Å². The minimum atomic E-state index is -3.73. The van der Waals surface area contributed by atoms with Gasteiger partial charge in [-0.05, 0) is 49.9 Å². The van der Waals surface area contributed by atoms with E-state index in [1.54, 1.807) is 0 Å². The fourth-order valence-electron chi connectivity index (χ4n) is 3.03. The van der Waals surface area contributed by atoms with E-state index < -0.39 is 25.6 Å². The topological polar surface area (TPSA) is 118 Å². The lowest BCUT2D eigenvalue weighted by Gasteiger charge is -2.28. The highest BCUT2D eigenvalue weighted by atomic mass is 35.5. The smallest absolute Gasteiger partial charge is 0.241 e. The van der Waals surface area contributed by atoms with Gasteiger partial charge in [0.1, 0.15) is 0 Å². The molecule has 0 unspecified atom stereocenters. The van der Waals surface area contributed by atoms with Crippen LogP contribution in [0.5, 0.6) is 0 Å². The van der Waals surface area contributed by atoms with Gasteiger partial charge in [0.25, 0.3) is 0 Å². The first-order valence-electron chi connectivity index (χ1n) is 8.13. The van der Waals surface area contributed by atoms with E-state index in [9.17, 15) is 16.8 Å². The number of sulfonamides is 2. The molecule has 2 saturated carbocycles. The number of halogens is 1. The van der Waals surface area contributed by atoms with E-state index in [1.165, 1.54) is 24.3 Å². The highest BCUT2D eigenvalue weighted by Gasteiger charge is 2.37. The van der Waals surface area contributed by atoms with E-state index in [0.29, 0.717) is 0 Å². The molecule has 0 bridgehead atoms. The SMILES string of the molecule is Cl.NCC1(NS(=O)(=O)c2ccc(S(=O)(=O)NC3CC3)cc2)CCCC1. The van der Waals surface area contributed by atoms with Crippen LogP contribution < -0.4 is 15.2 Å². The average molecular weight is 410 g/mol. The molecule has 0 aliphatic heterocycles. The largest absolute Gasteiger partial charge is 0.329 e. The van der Waals surface area contributed by atoms with E-state index in [1.807, 2.05) is 0 Å². The van der Waals surface area contributed by atoms with Crippen LogP contribution >= 0.6 is 12.4 Å². The lowest BCUT2D eigenvalue weighted by molar-refractivity contribution is 0.399. The highest BCUT2D eigenvalue weighted by Crippen LogP contribution is 2.30. The van der Waals surface area contributed by atoms with Crippen LogP contribution in [0.15, 0.2) is 34.1 Å². The van der Waals surface area contributed by atoms with Crippen LogP contribution in [0.1, 0.15) is 38.5 Å². The number of nitrogens with two attached hydrogens (primary N) is 1. The van der Waals surface area contributed by atoms with Crippen LogP contribution in [0.25, 0.3) is 0 Å². The average Bonchev–Trinajstić information content (AvgIpc) is 3.22. The number of rotatable bonds is 7. The van der Waals surface area contributed by atoms with Crippen LogP contribution in [0.4, 0.5) is 0 Å². The summed E-state index contributed by atoms with van der Waals surface area (Å²) in [6, 6.07) is 5.30. The zero-order valence-corrected chi connectivity index (χ0v) is 16.2. The standard InChI is InChI=1S/C15H23N3O4S2.ClH/c16-11-15(9-1-2-10-15)18-24(21,22)14-7-5-13(6-8-14)23(19,20)17-12-3-4-12;/h5-8,12,17-18H,1-4,9-11,16H2;1H. The van der Waals surface area contributed by atoms with Crippen LogP contribution in [0, 0.1) is 0 Å². The Morgan fingerprint density at radius 2 is 1.44 bits per heavy atom. The van der Waals surface area contributed by atoms with Gasteiger partial charge in [-0.1, -0.05) is 12.8 Å². The predicted molar refractivity (Wildman–Crippen MR) is 97.6 cm³/mol. The fourth-order valence-corrected chi connectivity index (χ4v) is 5.80. The van der Waals surface area contributed by atoms with E-state index >= 15 is 0 Å². The maximum absolute atomic E-state index is 12.6. The third kappa shape index (κ3) is 4.72. The summed E-state index contributed by atoms with van der Waals surface area (Å²) in [4.78, 5) is 0.121. The van der Waals surface area contributed by atoms with Gasteiger partial charge in [0.2, 0.25) is 20.0 Å². The van der Waals surface area contributed by atoms with Gasteiger partial charge < -0.3 is 5.73 Å². The predicted octanol–water partition coefficient (Wildman–Crippen LogP) is 1.10. The molecule has 0 aromatic heterocycles. The van der Waals surface area contributed by atoms with Crippen molar-refractivity contribution >= 4 is 32.5 Å². The minimum absolute atomic E-state index is 0. The van der Waals surface area contributed by atoms with Gasteiger partial charge >= 0.3 is 0 Å². The molecule has 1 aromatic carbocycles. The summed E-state index contributed by atoms with van der Waals surface area (Å²) in [7, 11) is -7.32. The van der Waals surface area contributed by atoms with Crippen molar-refractivity contribution in [1.29, 1.82) is 0 Å². The van der Waals surface area contributed by atoms with Crippen molar-refractivity contribution in [3.05, 3.63) is 24.3 Å². The van der Waals surface area contributed by atoms with Crippen LogP contribution in [-0.4, -0.2) is 35.0 Å². The first kappa shape index (κ1) is 20.6. The summed E-state index contributed by atoms with van der Waals surface area (Å²) in [5.41, 5.74) is 5.19. The maximum Gasteiger partial charge on any atom is 0.241 e. The second-order valence-electron chi connectivity index (χ2n) is 6.66. The molecule has 1 aromatic rings. The second-order valence-corrected chi connectivity index (χ2v) is 10.1. The molecule has 142 valence electrons. The molecule has 2 fully saturated rings. The number of benzene rings is 1. The Bertz CT molecular complexity index is 800. The quantitative estimate of drug-likeness (QED) is 0.623. The molecule has 2 aliphatic rings. The van der Waals surface area contributed by atoms with Crippen molar-refractivity contribution in [1.82, 2.24) is 9.44 Å². The van der Waals surface area contributed by atoms with Gasteiger partial charge in [-0.3, -0.25) is 0 Å². The first-order valence-corrected chi connectivity index (χ1v) is 11.1. The Morgan fingerprint density at radius 3 is 1.88 bits per heavy atom. The number of hydrogen-bond acceptors (Lipinski definition) is 5. The van der Waals surface area contributed by atoms with Crippen molar-refractivity contribution in [2.75, 3.05) is 6.54 Å². The van der Waals surface area contributed by atoms with Gasteiger partial charge in [-0.2, -0.15) is 0 Å². The van der Waals surface area contributed by atoms with Gasteiger partial charge in [0, 0.05) is 18.1 Å². The molecule has 7 nitrogen and oxygen atoms in total. The van der Waals surface area contributed by atoms with Crippen LogP contribution in [-0.2, 0) is 20.0 Å². The summed E-state index contributed by atoms with van der Waals surface area (Å²) in [6.07, 6.45) is 5.03. The summed E-state index contributed by atoms with van der Waals surface area (Å²) in [5.74, 6) is 0. The van der Waals surface area contributed by atoms with E-state index in [0.717, 1.165) is 38.5 Å². The molecule has 0 spiro atoms. The van der Waals surface area contributed by atoms with Crippen molar-refractivity contribution in [2.24, 2.45) is 5.73 Å². The molecule has 0 radical (unpaired) electrons. The molecule has 3 rings (SSSR count). The molecule has 10 heteroatoms. The summed E-state index contributed by atoms with van der Waals surface area (Å²) in [6.45, 7) is 0.254. The van der Waals surface area contributed by atoms with Crippen molar-refractivity contribution in [3.63, 3.8) is 0 Å². The Kier molecular flexibility index (Phi) is 6.18. The van der Waals surface area contributed by atoms with Crippen LogP contribution in [0.2, 0.25) is 0 Å². The van der Waals surface area contributed by atoms with Gasteiger partial charge in [0.05, 0.1) is 9.79 Å². The molecule has 0 heterocycles. The molecule has 0 amide bonds. The summed E-state index contributed by atoms with van der Waals surface area (Å²) in [5, 5.41) is 0. The van der Waals surface area contributed by atoms with Gasteiger partial charge in [-0.25, -0.2) is 26.3 Å². The molecule has 4 N–H and O–H groups in total. The summed E-state index contributed by atoms with van der Waals surface area (Å²) >= 11 is 0. The molecular weight excluding hydrogens is 386 g/mol. The second kappa shape index (κ2) is 7.50. The fraction of sp³-hybridized carbons (Fsp3) is 0.600. The molecule has 2 aliphatic carbocycles. The van der Waals surface area contributed by atoms with Gasteiger partial charge in [0.15, 0.2) is 0 Å². The zero-order chi connectivity index (χ0) is 17.4. The molecular formula is C15H24ClN3O4S2. The third-order valence-corrected chi connectivity index (χ3v) is 7.78. The lowest BCUT2D eigenvalue weighted by atomic mass is 10.0. The van der Waals surface area contributed by atoms with Crippen molar-refractivity contribution < 1.29 is 16.8 Å². The highest BCUT2D eigenvalue weighted by molar-refractivity contribution is 7.90. The molecule has 25 heavy (non-hydrogen) atoms. The third-order valence-electron chi connectivity index (χ3n) is 4.65. The Hall–Kier alpha value is -0.710. The minimum Gasteiger partial charge on any atom is -0.329 e. The van der Waals surface area contributed by atoms with E-state index in [4.69, 9.17) is 5.73 Å². The van der Waals surface area contributed by atoms with Gasteiger partial charge in [-0.15, -0.1) is 12.4 Å². The zero-order valence-electron chi connectivity index (χ0n) is 13.8. The van der Waals surface area contributed by atoms with E-state index in [-0.39, 0.29) is 34.8 Å². The number of nitrogens with one attached hydrogen (secondary N) is 2. The maximum atomic E-state index is 12.6.